The van der Waals surface area contributed by atoms with Gasteiger partial charge in [0.2, 0.25) is 0 Å². The van der Waals surface area contributed by atoms with E-state index < -0.39 is 10.1 Å². The van der Waals surface area contributed by atoms with Crippen molar-refractivity contribution < 1.29 is 17.8 Å². The number of hydrogen-bond acceptors (Lipinski definition) is 4. The molecule has 0 unspecified atom stereocenters. The number of carbonyl (C=O) groups is 1. The van der Waals surface area contributed by atoms with E-state index in [1.165, 1.54) is 12.1 Å². The smallest absolute Gasteiger partial charge is 0.150 e. The fourth-order valence-electron chi connectivity index (χ4n) is 0.743. The normalized spacial score (nSPS) is 11.1. The molecule has 1 aromatic rings. The van der Waals surface area contributed by atoms with Crippen LogP contribution < -0.4 is 0 Å². The number of rotatable bonds is 2. The van der Waals surface area contributed by atoms with Gasteiger partial charge in [-0.25, -0.2) is 8.42 Å². The standard InChI is InChI=1S/C7H6O4S/c8-5-6-2-1-3-7(4-6)12(9,10)11/h1-5H,(H,9,10,11)/p-1. The maximum Gasteiger partial charge on any atom is 0.150 e. The highest BCUT2D eigenvalue weighted by Crippen LogP contribution is 2.08. The van der Waals surface area contributed by atoms with Crippen molar-refractivity contribution in [2.45, 2.75) is 4.90 Å². The molecule has 5 heteroatoms. The second-order valence-corrected chi connectivity index (χ2v) is 3.52. The zero-order chi connectivity index (χ0) is 9.19. The van der Waals surface area contributed by atoms with E-state index in [2.05, 4.69) is 0 Å². The van der Waals surface area contributed by atoms with Gasteiger partial charge in [0.05, 0.1) is 4.90 Å². The minimum absolute atomic E-state index is 0.173. The van der Waals surface area contributed by atoms with Gasteiger partial charge < -0.3 is 4.55 Å². The third-order valence-electron chi connectivity index (χ3n) is 1.28. The Balaban J connectivity index is 3.29. The molecule has 0 saturated carbocycles. The topological polar surface area (TPSA) is 74.3 Å². The molecular formula is C7H5O4S-. The highest BCUT2D eigenvalue weighted by Gasteiger charge is 2.00. The lowest BCUT2D eigenvalue weighted by Crippen LogP contribution is -1.98. The molecule has 0 N–H and O–H groups in total. The molecule has 64 valence electrons. The molecule has 0 spiro atoms. The summed E-state index contributed by atoms with van der Waals surface area (Å²) in [7, 11) is -4.44. The van der Waals surface area contributed by atoms with E-state index in [4.69, 9.17) is 0 Å². The molecule has 0 aromatic heterocycles. The van der Waals surface area contributed by atoms with E-state index in [-0.39, 0.29) is 10.5 Å². The molecule has 0 amide bonds. The molecule has 0 aliphatic heterocycles. The Hall–Kier alpha value is -1.20. The van der Waals surface area contributed by atoms with Crippen LogP contribution in [0.5, 0.6) is 0 Å². The first-order chi connectivity index (χ1) is 5.54. The van der Waals surface area contributed by atoms with Gasteiger partial charge in [-0.15, -0.1) is 0 Å². The maximum atomic E-state index is 10.4. The number of benzene rings is 1. The minimum Gasteiger partial charge on any atom is -0.744 e. The molecule has 1 rings (SSSR count). The third-order valence-corrected chi connectivity index (χ3v) is 2.11. The van der Waals surface area contributed by atoms with Crippen LogP contribution in [0.2, 0.25) is 0 Å². The van der Waals surface area contributed by atoms with Gasteiger partial charge in [-0.2, -0.15) is 0 Å². The van der Waals surface area contributed by atoms with E-state index in [1.807, 2.05) is 0 Å². The summed E-state index contributed by atoms with van der Waals surface area (Å²) in [6, 6.07) is 4.95. The molecular weight excluding hydrogens is 180 g/mol. The summed E-state index contributed by atoms with van der Waals surface area (Å²) in [6.45, 7) is 0. The Morgan fingerprint density at radius 2 is 2.00 bits per heavy atom. The first kappa shape index (κ1) is 8.89. The van der Waals surface area contributed by atoms with Crippen molar-refractivity contribution in [2.24, 2.45) is 0 Å². The number of carbonyl (C=O) groups excluding carboxylic acids is 1. The molecule has 0 radical (unpaired) electrons. The Bertz CT molecular complexity index is 394. The molecule has 0 aliphatic rings. The Morgan fingerprint density at radius 1 is 1.33 bits per heavy atom. The predicted molar refractivity (Wildman–Crippen MR) is 39.8 cm³/mol. The van der Waals surface area contributed by atoms with E-state index >= 15 is 0 Å². The quantitative estimate of drug-likeness (QED) is 0.493. The van der Waals surface area contributed by atoms with Crippen molar-refractivity contribution in [2.75, 3.05) is 0 Å². The fraction of sp³-hybridized carbons (Fsp3) is 0. The zero-order valence-electron chi connectivity index (χ0n) is 5.93. The van der Waals surface area contributed by atoms with Crippen LogP contribution in [-0.2, 0) is 10.1 Å². The van der Waals surface area contributed by atoms with E-state index in [9.17, 15) is 17.8 Å². The molecule has 4 nitrogen and oxygen atoms in total. The summed E-state index contributed by atoms with van der Waals surface area (Å²) < 4.78 is 31.3. The van der Waals surface area contributed by atoms with E-state index in [0.29, 0.717) is 6.29 Å². The highest BCUT2D eigenvalue weighted by molar-refractivity contribution is 7.85. The summed E-state index contributed by atoms with van der Waals surface area (Å²) in [5.41, 5.74) is 0.173. The second kappa shape index (κ2) is 3.04. The largest absolute Gasteiger partial charge is 0.744 e. The van der Waals surface area contributed by atoms with Crippen LogP contribution in [-0.4, -0.2) is 19.3 Å². The van der Waals surface area contributed by atoms with Gasteiger partial charge in [-0.1, -0.05) is 12.1 Å². The van der Waals surface area contributed by atoms with Gasteiger partial charge in [0, 0.05) is 5.56 Å². The summed E-state index contributed by atoms with van der Waals surface area (Å²) in [5, 5.41) is 0. The van der Waals surface area contributed by atoms with Crippen LogP contribution >= 0.6 is 0 Å². The molecule has 12 heavy (non-hydrogen) atoms. The average Bonchev–Trinajstić information content (AvgIpc) is 2.03. The molecule has 1 aromatic carbocycles. The predicted octanol–water partition coefficient (Wildman–Crippen LogP) is 0.403. The molecule has 0 saturated heterocycles. The van der Waals surface area contributed by atoms with Crippen molar-refractivity contribution in [3.05, 3.63) is 29.8 Å². The Labute approximate surface area is 69.6 Å². The van der Waals surface area contributed by atoms with Gasteiger partial charge in [-0.05, 0) is 12.1 Å². The van der Waals surface area contributed by atoms with Crippen LogP contribution in [0.4, 0.5) is 0 Å². The van der Waals surface area contributed by atoms with Crippen LogP contribution in [0, 0.1) is 0 Å². The number of aldehydes is 1. The summed E-state index contributed by atoms with van der Waals surface area (Å²) in [5.74, 6) is 0. The highest BCUT2D eigenvalue weighted by atomic mass is 32.2. The number of hydrogen-bond donors (Lipinski definition) is 0. The van der Waals surface area contributed by atoms with Crippen molar-refractivity contribution in [1.82, 2.24) is 0 Å². The maximum absolute atomic E-state index is 10.4. The lowest BCUT2D eigenvalue weighted by Gasteiger charge is -2.05. The van der Waals surface area contributed by atoms with Gasteiger partial charge in [0.15, 0.2) is 0 Å². The van der Waals surface area contributed by atoms with Gasteiger partial charge in [-0.3, -0.25) is 4.79 Å². The van der Waals surface area contributed by atoms with Crippen molar-refractivity contribution in [1.29, 1.82) is 0 Å². The van der Waals surface area contributed by atoms with E-state index in [1.54, 1.807) is 0 Å². The summed E-state index contributed by atoms with van der Waals surface area (Å²) in [4.78, 5) is 9.81. The Kier molecular flexibility index (Phi) is 2.25. The van der Waals surface area contributed by atoms with E-state index in [0.717, 1.165) is 12.1 Å². The molecule has 0 fully saturated rings. The first-order valence-corrected chi connectivity index (χ1v) is 4.46. The van der Waals surface area contributed by atoms with Crippen LogP contribution in [0.15, 0.2) is 29.2 Å². The van der Waals surface area contributed by atoms with Gasteiger partial charge >= 0.3 is 0 Å². The van der Waals surface area contributed by atoms with Crippen molar-refractivity contribution in [3.63, 3.8) is 0 Å². The molecule has 0 aliphatic carbocycles. The molecule has 0 bridgehead atoms. The van der Waals surface area contributed by atoms with Gasteiger partial charge in [0.25, 0.3) is 0 Å². The van der Waals surface area contributed by atoms with Gasteiger partial charge in [0.1, 0.15) is 16.4 Å². The third kappa shape index (κ3) is 1.90. The average molecular weight is 185 g/mol. The van der Waals surface area contributed by atoms with Crippen LogP contribution in [0.3, 0.4) is 0 Å². The monoisotopic (exact) mass is 185 g/mol. The zero-order valence-corrected chi connectivity index (χ0v) is 6.74. The lowest BCUT2D eigenvalue weighted by atomic mass is 10.2. The molecule has 0 heterocycles. The first-order valence-electron chi connectivity index (χ1n) is 3.05. The van der Waals surface area contributed by atoms with Crippen LogP contribution in [0.25, 0.3) is 0 Å². The lowest BCUT2D eigenvalue weighted by molar-refractivity contribution is 0.112. The Morgan fingerprint density at radius 3 is 2.50 bits per heavy atom. The second-order valence-electron chi connectivity index (χ2n) is 2.14. The fourth-order valence-corrected chi connectivity index (χ4v) is 1.27. The van der Waals surface area contributed by atoms with Crippen molar-refractivity contribution >= 4 is 16.4 Å². The van der Waals surface area contributed by atoms with Crippen molar-refractivity contribution in [3.8, 4) is 0 Å². The summed E-state index contributed by atoms with van der Waals surface area (Å²) in [6.07, 6.45) is 0.481. The minimum atomic E-state index is -4.44. The molecule has 0 atom stereocenters. The summed E-state index contributed by atoms with van der Waals surface area (Å²) >= 11 is 0. The van der Waals surface area contributed by atoms with Crippen LogP contribution in [0.1, 0.15) is 10.4 Å². The SMILES string of the molecule is O=Cc1cccc(S(=O)(=O)[O-])c1.